The fourth-order valence-corrected chi connectivity index (χ4v) is 2.94. The number of nitrogens with zero attached hydrogens (tertiary/aromatic N) is 1. The largest absolute Gasteiger partial charge is 0.444 e. The van der Waals surface area contributed by atoms with Crippen LogP contribution < -0.4 is 5.32 Å². The fourth-order valence-electron chi connectivity index (χ4n) is 2.94. The van der Waals surface area contributed by atoms with Crippen LogP contribution in [0, 0.1) is 24.0 Å². The van der Waals surface area contributed by atoms with Crippen LogP contribution in [0.2, 0.25) is 0 Å². The van der Waals surface area contributed by atoms with Gasteiger partial charge in [-0.3, -0.25) is 14.9 Å². The summed E-state index contributed by atoms with van der Waals surface area (Å²) >= 11 is 0. The molecule has 0 radical (unpaired) electrons. The first-order valence-corrected chi connectivity index (χ1v) is 9.23. The summed E-state index contributed by atoms with van der Waals surface area (Å²) in [5.74, 6) is -1.35. The molecule has 30 heavy (non-hydrogen) atoms. The highest BCUT2D eigenvalue weighted by atomic mass is 16.6. The number of amides is 1. The van der Waals surface area contributed by atoms with E-state index in [1.54, 1.807) is 61.5 Å². The highest BCUT2D eigenvalue weighted by Crippen LogP contribution is 2.28. The molecular formula is C23H20N2O5. The van der Waals surface area contributed by atoms with E-state index in [1.165, 1.54) is 12.1 Å². The molecule has 1 amide bonds. The first-order chi connectivity index (χ1) is 14.3. The first kappa shape index (κ1) is 20.7. The van der Waals surface area contributed by atoms with Crippen molar-refractivity contribution in [1.82, 2.24) is 0 Å². The van der Waals surface area contributed by atoms with Crippen molar-refractivity contribution < 1.29 is 19.2 Å². The number of carbonyl (C=O) groups excluding carboxylic acids is 2. The number of esters is 1. The maximum atomic E-state index is 13.0. The maximum Gasteiger partial charge on any atom is 0.339 e. The quantitative estimate of drug-likeness (QED) is 0.363. The second kappa shape index (κ2) is 9.00. The summed E-state index contributed by atoms with van der Waals surface area (Å²) in [4.78, 5) is 36.4. The average molecular weight is 404 g/mol. The first-order valence-electron chi connectivity index (χ1n) is 9.23. The number of hydrogen-bond acceptors (Lipinski definition) is 5. The van der Waals surface area contributed by atoms with Crippen LogP contribution in [-0.4, -0.2) is 16.8 Å². The van der Waals surface area contributed by atoms with Crippen LogP contribution in [0.3, 0.4) is 0 Å². The van der Waals surface area contributed by atoms with E-state index in [9.17, 15) is 19.7 Å². The van der Waals surface area contributed by atoms with E-state index >= 15 is 0 Å². The Labute approximate surface area is 173 Å². The van der Waals surface area contributed by atoms with Gasteiger partial charge in [0.1, 0.15) is 5.69 Å². The fraction of sp³-hybridized carbons (Fsp3) is 0.130. The minimum absolute atomic E-state index is 0.0307. The van der Waals surface area contributed by atoms with Crippen molar-refractivity contribution in [2.75, 3.05) is 5.32 Å². The number of rotatable bonds is 6. The summed E-state index contributed by atoms with van der Waals surface area (Å²) in [5.41, 5.74) is 2.12. The number of hydrogen-bond donors (Lipinski definition) is 1. The van der Waals surface area contributed by atoms with Gasteiger partial charge in [0.2, 0.25) is 6.10 Å². The number of nitro groups is 1. The molecule has 1 N–H and O–H groups in total. The lowest BCUT2D eigenvalue weighted by molar-refractivity contribution is -0.384. The molecule has 0 saturated heterocycles. The highest BCUT2D eigenvalue weighted by Gasteiger charge is 2.27. The molecule has 0 unspecified atom stereocenters. The zero-order chi connectivity index (χ0) is 21.7. The Bertz CT molecular complexity index is 1100. The number of benzene rings is 3. The highest BCUT2D eigenvalue weighted by molar-refractivity contribution is 5.99. The van der Waals surface area contributed by atoms with Crippen molar-refractivity contribution in [3.8, 4) is 0 Å². The van der Waals surface area contributed by atoms with E-state index < -0.39 is 22.9 Å². The molecule has 0 aromatic heterocycles. The normalized spacial score (nSPS) is 11.4. The summed E-state index contributed by atoms with van der Waals surface area (Å²) in [5, 5.41) is 13.9. The number of aryl methyl sites for hydroxylation is 2. The Balaban J connectivity index is 1.91. The van der Waals surface area contributed by atoms with Gasteiger partial charge in [0.15, 0.2) is 0 Å². The van der Waals surface area contributed by atoms with E-state index in [2.05, 4.69) is 5.32 Å². The van der Waals surface area contributed by atoms with Crippen LogP contribution in [0.5, 0.6) is 0 Å². The maximum absolute atomic E-state index is 13.0. The summed E-state index contributed by atoms with van der Waals surface area (Å²) in [6, 6.07) is 19.8. The monoisotopic (exact) mass is 404 g/mol. The molecular weight excluding hydrogens is 384 g/mol. The molecule has 7 heteroatoms. The topological polar surface area (TPSA) is 98.5 Å². The lowest BCUT2D eigenvalue weighted by Crippen LogP contribution is -2.26. The molecule has 3 aromatic carbocycles. The predicted molar refractivity (Wildman–Crippen MR) is 112 cm³/mol. The van der Waals surface area contributed by atoms with Gasteiger partial charge in [-0.1, -0.05) is 54.1 Å². The van der Waals surface area contributed by atoms with Crippen molar-refractivity contribution in [2.45, 2.75) is 20.0 Å². The Morgan fingerprint density at radius 3 is 2.30 bits per heavy atom. The van der Waals surface area contributed by atoms with E-state index in [4.69, 9.17) is 4.74 Å². The van der Waals surface area contributed by atoms with Gasteiger partial charge >= 0.3 is 5.97 Å². The average Bonchev–Trinajstić information content (AvgIpc) is 2.73. The van der Waals surface area contributed by atoms with Gasteiger partial charge in [0, 0.05) is 11.6 Å². The van der Waals surface area contributed by atoms with Crippen LogP contribution in [0.1, 0.15) is 33.2 Å². The van der Waals surface area contributed by atoms with E-state index in [-0.39, 0.29) is 11.4 Å². The third-order valence-corrected chi connectivity index (χ3v) is 4.43. The molecule has 3 rings (SSSR count). The zero-order valence-corrected chi connectivity index (χ0v) is 16.5. The van der Waals surface area contributed by atoms with E-state index in [0.717, 1.165) is 5.56 Å². The van der Waals surface area contributed by atoms with Gasteiger partial charge in [0.25, 0.3) is 11.6 Å². The molecule has 0 spiro atoms. The van der Waals surface area contributed by atoms with Crippen LogP contribution >= 0.6 is 0 Å². The molecule has 0 bridgehead atoms. The molecule has 0 aliphatic carbocycles. The minimum atomic E-state index is -1.28. The van der Waals surface area contributed by atoms with Gasteiger partial charge < -0.3 is 10.1 Å². The van der Waals surface area contributed by atoms with Crippen LogP contribution in [0.15, 0.2) is 72.8 Å². The SMILES string of the molecule is Cc1cccc(C(=O)O[C@H](C(=O)Nc2ccc(C)cc2[N+](=O)[O-])c2ccccc2)c1. The van der Waals surface area contributed by atoms with Crippen molar-refractivity contribution in [1.29, 1.82) is 0 Å². The van der Waals surface area contributed by atoms with Crippen LogP contribution in [0.4, 0.5) is 11.4 Å². The molecule has 0 aliphatic rings. The summed E-state index contributed by atoms with van der Waals surface area (Å²) in [6.07, 6.45) is -1.28. The Morgan fingerprint density at radius 1 is 0.933 bits per heavy atom. The Hall–Kier alpha value is -4.00. The van der Waals surface area contributed by atoms with Gasteiger partial charge in [-0.25, -0.2) is 4.79 Å². The minimum Gasteiger partial charge on any atom is -0.444 e. The summed E-state index contributed by atoms with van der Waals surface area (Å²) in [7, 11) is 0. The molecule has 3 aromatic rings. The van der Waals surface area contributed by atoms with Crippen molar-refractivity contribution >= 4 is 23.3 Å². The lowest BCUT2D eigenvalue weighted by Gasteiger charge is -2.18. The Morgan fingerprint density at radius 2 is 1.63 bits per heavy atom. The number of ether oxygens (including phenoxy) is 1. The molecule has 152 valence electrons. The summed E-state index contributed by atoms with van der Waals surface area (Å²) in [6.45, 7) is 3.56. The number of nitrogens with one attached hydrogen (secondary N) is 1. The second-order valence-corrected chi connectivity index (χ2v) is 6.83. The second-order valence-electron chi connectivity index (χ2n) is 6.83. The van der Waals surface area contributed by atoms with Gasteiger partial charge in [0.05, 0.1) is 10.5 Å². The van der Waals surface area contributed by atoms with Crippen molar-refractivity contribution in [3.63, 3.8) is 0 Å². The number of nitro benzene ring substituents is 1. The standard InChI is InChI=1S/C23H20N2O5/c1-15-7-6-10-18(13-15)23(27)30-21(17-8-4-3-5-9-17)22(26)24-19-12-11-16(2)14-20(19)25(28)29/h3-14,21H,1-2H3,(H,24,26)/t21-/m0/s1. The van der Waals surface area contributed by atoms with E-state index in [1.807, 2.05) is 13.0 Å². The molecule has 7 nitrogen and oxygen atoms in total. The molecule has 0 aliphatic heterocycles. The number of carbonyl (C=O) groups is 2. The lowest BCUT2D eigenvalue weighted by atomic mass is 10.1. The van der Waals surface area contributed by atoms with Gasteiger partial charge in [-0.15, -0.1) is 0 Å². The van der Waals surface area contributed by atoms with Crippen molar-refractivity contribution in [3.05, 3.63) is 105 Å². The number of anilines is 1. The summed E-state index contributed by atoms with van der Waals surface area (Å²) < 4.78 is 5.51. The molecule has 1 atom stereocenters. The van der Waals surface area contributed by atoms with E-state index in [0.29, 0.717) is 16.7 Å². The van der Waals surface area contributed by atoms with Gasteiger partial charge in [-0.2, -0.15) is 0 Å². The molecule has 0 fully saturated rings. The molecule has 0 saturated carbocycles. The van der Waals surface area contributed by atoms with Gasteiger partial charge in [-0.05, 0) is 37.6 Å². The third-order valence-electron chi connectivity index (χ3n) is 4.43. The van der Waals surface area contributed by atoms with Crippen molar-refractivity contribution in [2.24, 2.45) is 0 Å². The van der Waals surface area contributed by atoms with Crippen LogP contribution in [-0.2, 0) is 9.53 Å². The predicted octanol–water partition coefficient (Wildman–Crippen LogP) is 4.75. The zero-order valence-electron chi connectivity index (χ0n) is 16.5. The third kappa shape index (κ3) is 4.88. The van der Waals surface area contributed by atoms with Crippen LogP contribution in [0.25, 0.3) is 0 Å². The smallest absolute Gasteiger partial charge is 0.339 e. The Kier molecular flexibility index (Phi) is 6.22. The molecule has 0 heterocycles.